The molecule has 6 nitrogen and oxygen atoms in total. The lowest BCUT2D eigenvalue weighted by Crippen LogP contribution is -2.18. The lowest BCUT2D eigenvalue weighted by Gasteiger charge is -2.14. The molecular weight excluding hydrogens is 536 g/mol. The van der Waals surface area contributed by atoms with Crippen LogP contribution in [-0.4, -0.2) is 27.6 Å². The molecule has 0 aliphatic heterocycles. The summed E-state index contributed by atoms with van der Waals surface area (Å²) in [6.07, 6.45) is -4.51. The topological polar surface area (TPSA) is 81.4 Å². The molecule has 0 spiro atoms. The molecule has 1 aromatic heterocycles. The van der Waals surface area contributed by atoms with Crippen LogP contribution in [-0.2, 0) is 16.2 Å². The van der Waals surface area contributed by atoms with Crippen molar-refractivity contribution in [3.05, 3.63) is 90.2 Å². The van der Waals surface area contributed by atoms with E-state index < -0.39 is 27.6 Å². The Labute approximate surface area is 220 Å². The second-order valence-electron chi connectivity index (χ2n) is 8.54. The molecule has 5 rings (SSSR count). The molecule has 0 aliphatic carbocycles. The fourth-order valence-corrected chi connectivity index (χ4v) is 4.88. The van der Waals surface area contributed by atoms with Crippen LogP contribution in [0, 0.1) is 5.82 Å². The average Bonchev–Trinajstić information content (AvgIpc) is 3.36. The van der Waals surface area contributed by atoms with Crippen LogP contribution in [0.25, 0.3) is 44.8 Å². The van der Waals surface area contributed by atoms with Crippen LogP contribution in [0.5, 0.6) is 5.75 Å². The van der Waals surface area contributed by atoms with E-state index in [4.69, 9.17) is 9.15 Å². The minimum atomic E-state index is -4.51. The number of hydrogen-bond acceptors (Lipinski definition) is 5. The SMILES string of the molecule is CNS(=O)(=O)c1ccc(-c2cc(-c3cccc(-c4nc5cc(C(F)(F)F)ccc5o4)c3)c(OC)cc2F)cc1. The van der Waals surface area contributed by atoms with Crippen molar-refractivity contribution in [1.82, 2.24) is 9.71 Å². The van der Waals surface area contributed by atoms with Crippen molar-refractivity contribution in [2.45, 2.75) is 11.1 Å². The summed E-state index contributed by atoms with van der Waals surface area (Å²) in [5.74, 6) is -0.209. The number of nitrogens with zero attached hydrogens (tertiary/aromatic N) is 1. The highest BCUT2D eigenvalue weighted by Crippen LogP contribution is 2.39. The highest BCUT2D eigenvalue weighted by atomic mass is 32.2. The Kier molecular flexibility index (Phi) is 6.65. The van der Waals surface area contributed by atoms with Gasteiger partial charge in [-0.05, 0) is 66.7 Å². The first-order chi connectivity index (χ1) is 18.5. The van der Waals surface area contributed by atoms with E-state index in [-0.39, 0.29) is 33.2 Å². The van der Waals surface area contributed by atoms with Crippen molar-refractivity contribution < 1.29 is 35.1 Å². The smallest absolute Gasteiger partial charge is 0.416 e. The van der Waals surface area contributed by atoms with E-state index in [2.05, 4.69) is 9.71 Å². The summed E-state index contributed by atoms with van der Waals surface area (Å²) in [5.41, 5.74) is 1.73. The molecule has 0 aliphatic rings. The Bertz CT molecular complexity index is 1800. The van der Waals surface area contributed by atoms with E-state index in [1.807, 2.05) is 0 Å². The second kappa shape index (κ2) is 9.83. The molecule has 0 saturated heterocycles. The molecule has 0 atom stereocenters. The molecule has 4 aromatic carbocycles. The molecule has 0 fully saturated rings. The Balaban J connectivity index is 1.56. The van der Waals surface area contributed by atoms with Gasteiger partial charge < -0.3 is 9.15 Å². The predicted octanol–water partition coefficient (Wildman–Crippen LogP) is 6.90. The van der Waals surface area contributed by atoms with E-state index >= 15 is 4.39 Å². The van der Waals surface area contributed by atoms with Crippen LogP contribution in [0.4, 0.5) is 17.6 Å². The van der Waals surface area contributed by atoms with E-state index in [1.54, 1.807) is 30.3 Å². The lowest BCUT2D eigenvalue weighted by molar-refractivity contribution is -0.137. The van der Waals surface area contributed by atoms with Gasteiger partial charge in [-0.3, -0.25) is 0 Å². The number of hydrogen-bond donors (Lipinski definition) is 1. The molecule has 0 radical (unpaired) electrons. The van der Waals surface area contributed by atoms with Gasteiger partial charge >= 0.3 is 6.18 Å². The van der Waals surface area contributed by atoms with Crippen LogP contribution >= 0.6 is 0 Å². The molecule has 5 aromatic rings. The number of alkyl halides is 3. The van der Waals surface area contributed by atoms with E-state index in [0.29, 0.717) is 22.3 Å². The molecule has 11 heteroatoms. The summed E-state index contributed by atoms with van der Waals surface area (Å²) >= 11 is 0. The third-order valence-electron chi connectivity index (χ3n) is 6.17. The average molecular weight is 557 g/mol. The third-order valence-corrected chi connectivity index (χ3v) is 7.60. The van der Waals surface area contributed by atoms with Crippen molar-refractivity contribution in [1.29, 1.82) is 0 Å². The minimum Gasteiger partial charge on any atom is -0.496 e. The summed E-state index contributed by atoms with van der Waals surface area (Å²) < 4.78 is 91.8. The molecule has 0 unspecified atom stereocenters. The Morgan fingerprint density at radius 3 is 2.26 bits per heavy atom. The Hall–Kier alpha value is -4.22. The maximum Gasteiger partial charge on any atom is 0.416 e. The summed E-state index contributed by atoms with van der Waals surface area (Å²) in [7, 11) is -0.954. The lowest BCUT2D eigenvalue weighted by atomic mass is 9.96. The maximum atomic E-state index is 15.1. The van der Waals surface area contributed by atoms with Gasteiger partial charge in [0.25, 0.3) is 0 Å². The molecule has 0 amide bonds. The van der Waals surface area contributed by atoms with Gasteiger partial charge in [-0.2, -0.15) is 13.2 Å². The van der Waals surface area contributed by atoms with Crippen LogP contribution < -0.4 is 9.46 Å². The Morgan fingerprint density at radius 1 is 0.872 bits per heavy atom. The number of halogens is 4. The molecule has 1 N–H and O–H groups in total. The zero-order chi connectivity index (χ0) is 27.9. The quantitative estimate of drug-likeness (QED) is 0.230. The van der Waals surface area contributed by atoms with Crippen molar-refractivity contribution in [2.24, 2.45) is 0 Å². The highest BCUT2D eigenvalue weighted by molar-refractivity contribution is 7.89. The van der Waals surface area contributed by atoms with Gasteiger partial charge in [0.2, 0.25) is 15.9 Å². The van der Waals surface area contributed by atoms with Gasteiger partial charge in [0.05, 0.1) is 17.6 Å². The number of sulfonamides is 1. The van der Waals surface area contributed by atoms with Gasteiger partial charge in [0.15, 0.2) is 5.58 Å². The van der Waals surface area contributed by atoms with Crippen LogP contribution in [0.2, 0.25) is 0 Å². The van der Waals surface area contributed by atoms with Crippen LogP contribution in [0.3, 0.4) is 0 Å². The fraction of sp³-hybridized carbons (Fsp3) is 0.107. The number of nitrogens with one attached hydrogen (secondary N) is 1. The van der Waals surface area contributed by atoms with E-state index in [9.17, 15) is 21.6 Å². The first kappa shape index (κ1) is 26.4. The van der Waals surface area contributed by atoms with Gasteiger partial charge in [-0.15, -0.1) is 0 Å². The van der Waals surface area contributed by atoms with Crippen molar-refractivity contribution in [3.63, 3.8) is 0 Å². The van der Waals surface area contributed by atoms with E-state index in [0.717, 1.165) is 12.1 Å². The van der Waals surface area contributed by atoms with Crippen LogP contribution in [0.1, 0.15) is 5.56 Å². The number of oxazole rings is 1. The number of rotatable bonds is 6. The monoisotopic (exact) mass is 556 g/mol. The first-order valence-electron chi connectivity index (χ1n) is 11.5. The zero-order valence-electron chi connectivity index (χ0n) is 20.5. The first-order valence-corrected chi connectivity index (χ1v) is 13.0. The number of benzene rings is 4. The molecule has 1 heterocycles. The normalized spacial score (nSPS) is 12.2. The summed E-state index contributed by atoms with van der Waals surface area (Å²) in [6.45, 7) is 0. The summed E-state index contributed by atoms with van der Waals surface area (Å²) in [4.78, 5) is 4.27. The molecule has 39 heavy (non-hydrogen) atoms. The van der Waals surface area contributed by atoms with Crippen molar-refractivity contribution in [2.75, 3.05) is 14.2 Å². The standard InChI is InChI=1S/C28H20F4N2O4S/c1-33-39(35,36)20-9-6-16(7-10-20)21-14-22(26(37-2)15-23(21)29)17-4-3-5-18(12-17)27-34-24-13-19(28(30,31)32)8-11-25(24)38-27/h3-15,33H,1-2H3. The van der Waals surface area contributed by atoms with Gasteiger partial charge in [-0.25, -0.2) is 22.5 Å². The summed E-state index contributed by atoms with van der Waals surface area (Å²) in [6, 6.07) is 18.5. The molecule has 200 valence electrons. The van der Waals surface area contributed by atoms with Crippen LogP contribution in [0.15, 0.2) is 88.2 Å². The highest BCUT2D eigenvalue weighted by Gasteiger charge is 2.31. The largest absolute Gasteiger partial charge is 0.496 e. The third kappa shape index (κ3) is 5.10. The summed E-state index contributed by atoms with van der Waals surface area (Å²) in [5, 5.41) is 0. The van der Waals surface area contributed by atoms with Crippen molar-refractivity contribution in [3.8, 4) is 39.5 Å². The minimum absolute atomic E-state index is 0.0382. The van der Waals surface area contributed by atoms with E-state index in [1.165, 1.54) is 50.6 Å². The zero-order valence-corrected chi connectivity index (χ0v) is 21.3. The van der Waals surface area contributed by atoms with Crippen molar-refractivity contribution >= 4 is 21.1 Å². The number of fused-ring (bicyclic) bond motifs is 1. The number of aromatic nitrogens is 1. The Morgan fingerprint density at radius 2 is 1.59 bits per heavy atom. The number of methoxy groups -OCH3 is 1. The van der Waals surface area contributed by atoms with Gasteiger partial charge in [0.1, 0.15) is 17.1 Å². The molecule has 0 saturated carbocycles. The molecular formula is C28H20F4N2O4S. The fourth-order valence-electron chi connectivity index (χ4n) is 4.15. The molecule has 0 bridgehead atoms. The van der Waals surface area contributed by atoms with Gasteiger partial charge in [-0.1, -0.05) is 24.3 Å². The van der Waals surface area contributed by atoms with Gasteiger partial charge in [0, 0.05) is 22.8 Å². The second-order valence-corrected chi connectivity index (χ2v) is 10.4. The predicted molar refractivity (Wildman–Crippen MR) is 138 cm³/mol. The maximum absolute atomic E-state index is 15.1. The number of ether oxygens (including phenoxy) is 1.